The number of H-pyrrole nitrogens is 1. The number of benzene rings is 2. The molecule has 3 aromatic rings. The first-order valence-corrected chi connectivity index (χ1v) is 5.63. The summed E-state index contributed by atoms with van der Waals surface area (Å²) in [5, 5.41) is 27.5. The fourth-order valence-corrected chi connectivity index (χ4v) is 2.11. The van der Waals surface area contributed by atoms with E-state index in [1.165, 1.54) is 0 Å². The van der Waals surface area contributed by atoms with Crippen LogP contribution in [0.25, 0.3) is 22.2 Å². The second-order valence-corrected chi connectivity index (χ2v) is 4.25. The second kappa shape index (κ2) is 3.77. The van der Waals surface area contributed by atoms with Crippen molar-refractivity contribution in [1.29, 1.82) is 0 Å². The van der Waals surface area contributed by atoms with Gasteiger partial charge in [-0.2, -0.15) is 5.10 Å². The van der Waals surface area contributed by atoms with Crippen molar-refractivity contribution in [2.45, 2.75) is 6.92 Å². The fraction of sp³-hybridized carbons (Fsp3) is 0.0714. The Morgan fingerprint density at radius 3 is 2.56 bits per heavy atom. The lowest BCUT2D eigenvalue weighted by atomic mass is 10.0. The number of phenols is 2. The highest BCUT2D eigenvalue weighted by Gasteiger charge is 2.16. The van der Waals surface area contributed by atoms with Gasteiger partial charge in [0.15, 0.2) is 0 Å². The van der Waals surface area contributed by atoms with Crippen LogP contribution >= 0.6 is 0 Å². The van der Waals surface area contributed by atoms with Crippen molar-refractivity contribution >= 4 is 10.9 Å². The number of aromatic nitrogens is 2. The van der Waals surface area contributed by atoms with Crippen molar-refractivity contribution in [1.82, 2.24) is 10.2 Å². The molecule has 2 aromatic carbocycles. The normalized spacial score (nSPS) is 10.9. The van der Waals surface area contributed by atoms with Crippen LogP contribution in [0.5, 0.6) is 11.5 Å². The van der Waals surface area contributed by atoms with E-state index in [1.54, 1.807) is 13.0 Å². The number of phenolic OH excluding ortho intramolecular Hbond substituents is 2. The van der Waals surface area contributed by atoms with Gasteiger partial charge in [0.2, 0.25) is 0 Å². The third-order valence-electron chi connectivity index (χ3n) is 3.03. The SMILES string of the molecule is Cc1cc(O)c2c(-c3ccccc3)n[nH]c2c1O. The van der Waals surface area contributed by atoms with Gasteiger partial charge in [0.25, 0.3) is 0 Å². The van der Waals surface area contributed by atoms with E-state index in [9.17, 15) is 10.2 Å². The molecule has 0 aliphatic heterocycles. The van der Waals surface area contributed by atoms with Gasteiger partial charge in [0.05, 0.1) is 5.39 Å². The molecule has 0 unspecified atom stereocenters. The summed E-state index contributed by atoms with van der Waals surface area (Å²) in [5.41, 5.74) is 2.61. The average molecular weight is 240 g/mol. The minimum absolute atomic E-state index is 0.118. The van der Waals surface area contributed by atoms with E-state index in [-0.39, 0.29) is 11.5 Å². The average Bonchev–Trinajstić information content (AvgIpc) is 2.82. The highest BCUT2D eigenvalue weighted by molar-refractivity contribution is 6.00. The maximum atomic E-state index is 10.0. The van der Waals surface area contributed by atoms with Crippen molar-refractivity contribution in [3.63, 3.8) is 0 Å². The van der Waals surface area contributed by atoms with Crippen LogP contribution in [0.3, 0.4) is 0 Å². The zero-order valence-electron chi connectivity index (χ0n) is 9.81. The van der Waals surface area contributed by atoms with Crippen molar-refractivity contribution in [3.8, 4) is 22.8 Å². The largest absolute Gasteiger partial charge is 0.507 e. The zero-order valence-corrected chi connectivity index (χ0v) is 9.81. The maximum absolute atomic E-state index is 10.0. The lowest BCUT2D eigenvalue weighted by molar-refractivity contribution is 0.465. The summed E-state index contributed by atoms with van der Waals surface area (Å²) in [4.78, 5) is 0. The van der Waals surface area contributed by atoms with Crippen LogP contribution in [-0.2, 0) is 0 Å². The number of nitrogens with zero attached hydrogens (tertiary/aromatic N) is 1. The molecule has 18 heavy (non-hydrogen) atoms. The Morgan fingerprint density at radius 2 is 1.83 bits per heavy atom. The van der Waals surface area contributed by atoms with E-state index in [2.05, 4.69) is 10.2 Å². The second-order valence-electron chi connectivity index (χ2n) is 4.25. The minimum Gasteiger partial charge on any atom is -0.507 e. The quantitative estimate of drug-likeness (QED) is 0.573. The standard InChI is InChI=1S/C14H12N2O2/c1-8-7-10(17)11-12(9-5-3-2-4-6-9)15-16-13(11)14(8)18/h2-7,17-18H,1H3,(H,15,16). The van der Waals surface area contributed by atoms with E-state index in [0.29, 0.717) is 22.2 Å². The molecule has 0 saturated heterocycles. The molecule has 0 bridgehead atoms. The molecule has 0 atom stereocenters. The third-order valence-corrected chi connectivity index (χ3v) is 3.03. The predicted molar refractivity (Wildman–Crippen MR) is 69.6 cm³/mol. The number of aromatic hydroxyl groups is 2. The lowest BCUT2D eigenvalue weighted by Gasteiger charge is -2.03. The first-order chi connectivity index (χ1) is 8.68. The van der Waals surface area contributed by atoms with Gasteiger partial charge in [-0.15, -0.1) is 0 Å². The molecule has 90 valence electrons. The summed E-state index contributed by atoms with van der Waals surface area (Å²) >= 11 is 0. The number of nitrogens with one attached hydrogen (secondary N) is 1. The summed E-state index contributed by atoms with van der Waals surface area (Å²) < 4.78 is 0. The zero-order chi connectivity index (χ0) is 12.7. The molecule has 3 N–H and O–H groups in total. The molecule has 1 heterocycles. The fourth-order valence-electron chi connectivity index (χ4n) is 2.11. The molecule has 0 aliphatic rings. The van der Waals surface area contributed by atoms with Gasteiger partial charge in [0, 0.05) is 5.56 Å². The van der Waals surface area contributed by atoms with E-state index in [0.717, 1.165) is 5.56 Å². The molecule has 0 amide bonds. The summed E-state index contributed by atoms with van der Waals surface area (Å²) in [5.74, 6) is 0.241. The van der Waals surface area contributed by atoms with Crippen molar-refractivity contribution in [3.05, 3.63) is 42.0 Å². The Kier molecular flexibility index (Phi) is 2.23. The first kappa shape index (κ1) is 10.7. The maximum Gasteiger partial charge on any atom is 0.144 e. The molecular formula is C14H12N2O2. The number of fused-ring (bicyclic) bond motifs is 1. The van der Waals surface area contributed by atoms with Gasteiger partial charge >= 0.3 is 0 Å². The Labute approximate surface area is 104 Å². The van der Waals surface area contributed by atoms with Gasteiger partial charge in [-0.25, -0.2) is 0 Å². The summed E-state index contributed by atoms with van der Waals surface area (Å²) in [6.07, 6.45) is 0. The van der Waals surface area contributed by atoms with Gasteiger partial charge in [-0.3, -0.25) is 5.10 Å². The number of aryl methyl sites for hydroxylation is 1. The third kappa shape index (κ3) is 1.43. The van der Waals surface area contributed by atoms with Crippen molar-refractivity contribution in [2.24, 2.45) is 0 Å². The van der Waals surface area contributed by atoms with Crippen LogP contribution in [0.4, 0.5) is 0 Å². The van der Waals surface area contributed by atoms with Crippen LogP contribution in [0.15, 0.2) is 36.4 Å². The highest BCUT2D eigenvalue weighted by atomic mass is 16.3. The van der Waals surface area contributed by atoms with Gasteiger partial charge < -0.3 is 10.2 Å². The molecule has 0 radical (unpaired) electrons. The number of rotatable bonds is 1. The molecule has 0 spiro atoms. The Hall–Kier alpha value is -2.49. The van der Waals surface area contributed by atoms with Crippen LogP contribution < -0.4 is 0 Å². The smallest absolute Gasteiger partial charge is 0.144 e. The van der Waals surface area contributed by atoms with E-state index in [1.807, 2.05) is 30.3 Å². The van der Waals surface area contributed by atoms with E-state index in [4.69, 9.17) is 0 Å². The van der Waals surface area contributed by atoms with Gasteiger partial charge in [-0.1, -0.05) is 30.3 Å². The summed E-state index contributed by atoms with van der Waals surface area (Å²) in [6, 6.07) is 11.1. The topological polar surface area (TPSA) is 69.1 Å². The van der Waals surface area contributed by atoms with Gasteiger partial charge in [-0.05, 0) is 18.6 Å². The first-order valence-electron chi connectivity index (χ1n) is 5.63. The van der Waals surface area contributed by atoms with Crippen LogP contribution in [0.1, 0.15) is 5.56 Å². The molecular weight excluding hydrogens is 228 g/mol. The molecule has 4 nitrogen and oxygen atoms in total. The molecule has 3 rings (SSSR count). The van der Waals surface area contributed by atoms with Crippen molar-refractivity contribution < 1.29 is 10.2 Å². The van der Waals surface area contributed by atoms with Crippen LogP contribution in [-0.4, -0.2) is 20.4 Å². The van der Waals surface area contributed by atoms with Gasteiger partial charge in [0.1, 0.15) is 22.7 Å². The monoisotopic (exact) mass is 240 g/mol. The van der Waals surface area contributed by atoms with E-state index >= 15 is 0 Å². The number of hydrogen-bond donors (Lipinski definition) is 3. The Balaban J connectivity index is 2.37. The number of hydrogen-bond acceptors (Lipinski definition) is 3. The number of aromatic amines is 1. The minimum atomic E-state index is 0.118. The van der Waals surface area contributed by atoms with Crippen LogP contribution in [0.2, 0.25) is 0 Å². The van der Waals surface area contributed by atoms with Crippen molar-refractivity contribution in [2.75, 3.05) is 0 Å². The molecule has 0 aliphatic carbocycles. The molecule has 1 aromatic heterocycles. The van der Waals surface area contributed by atoms with Crippen LogP contribution in [0, 0.1) is 6.92 Å². The highest BCUT2D eigenvalue weighted by Crippen LogP contribution is 2.39. The summed E-state index contributed by atoms with van der Waals surface area (Å²) in [6.45, 7) is 1.73. The lowest BCUT2D eigenvalue weighted by Crippen LogP contribution is -1.80. The molecule has 0 saturated carbocycles. The predicted octanol–water partition coefficient (Wildman–Crippen LogP) is 2.95. The molecule has 0 fully saturated rings. The Morgan fingerprint density at radius 1 is 1.11 bits per heavy atom. The summed E-state index contributed by atoms with van der Waals surface area (Å²) in [7, 11) is 0. The van der Waals surface area contributed by atoms with E-state index < -0.39 is 0 Å². The molecule has 4 heteroatoms. The Bertz CT molecular complexity index is 717.